The molecule has 11 heteroatoms. The summed E-state index contributed by atoms with van der Waals surface area (Å²) in [6, 6.07) is 5.51. The van der Waals surface area contributed by atoms with Gasteiger partial charge in [0, 0.05) is 29.7 Å². The van der Waals surface area contributed by atoms with Crippen molar-refractivity contribution in [1.29, 1.82) is 0 Å². The van der Waals surface area contributed by atoms with Crippen LogP contribution in [0.4, 0.5) is 15.7 Å². The van der Waals surface area contributed by atoms with Gasteiger partial charge in [0.25, 0.3) is 0 Å². The summed E-state index contributed by atoms with van der Waals surface area (Å²) in [5.41, 5.74) is 0.803. The number of anilines is 2. The van der Waals surface area contributed by atoms with Gasteiger partial charge in [-0.3, -0.25) is 0 Å². The van der Waals surface area contributed by atoms with Crippen LogP contribution in [0.3, 0.4) is 0 Å². The van der Waals surface area contributed by atoms with E-state index in [9.17, 15) is 4.79 Å². The maximum absolute atomic E-state index is 11.1. The van der Waals surface area contributed by atoms with Crippen LogP contribution in [0.5, 0.6) is 0 Å². The number of aromatic nitrogens is 3. The lowest BCUT2D eigenvalue weighted by Crippen LogP contribution is -2.53. The molecule has 0 saturated carbocycles. The highest BCUT2D eigenvalue weighted by atomic mass is 35.5. The van der Waals surface area contributed by atoms with Gasteiger partial charge in [-0.25, -0.2) is 9.78 Å². The van der Waals surface area contributed by atoms with E-state index < -0.39 is 11.6 Å². The van der Waals surface area contributed by atoms with Crippen molar-refractivity contribution in [2.24, 2.45) is 0 Å². The highest BCUT2D eigenvalue weighted by molar-refractivity contribution is 7.20. The number of rotatable bonds is 4. The molecule has 3 heterocycles. The molecule has 0 atom stereocenters. The molecule has 3 aromatic rings. The number of carboxylic acid groups (broad SMARTS) is 1. The van der Waals surface area contributed by atoms with E-state index in [4.69, 9.17) is 38.4 Å². The molecular formula is C21H26Cl2N6O2S. The van der Waals surface area contributed by atoms with Crippen LogP contribution in [0.15, 0.2) is 18.2 Å². The van der Waals surface area contributed by atoms with Crippen molar-refractivity contribution in [2.75, 3.05) is 23.3 Å². The average molecular weight is 497 g/mol. The van der Waals surface area contributed by atoms with Gasteiger partial charge in [0.2, 0.25) is 10.1 Å². The second-order valence-electron chi connectivity index (χ2n) is 9.34. The molecule has 172 valence electrons. The first kappa shape index (κ1) is 22.9. The Labute approximate surface area is 200 Å². The van der Waals surface area contributed by atoms with Gasteiger partial charge in [-0.05, 0) is 46.6 Å². The zero-order valence-corrected chi connectivity index (χ0v) is 20.7. The average Bonchev–Trinajstić information content (AvgIpc) is 3.22. The van der Waals surface area contributed by atoms with Crippen LogP contribution in [0.25, 0.3) is 16.2 Å². The van der Waals surface area contributed by atoms with Crippen LogP contribution in [-0.4, -0.2) is 50.0 Å². The predicted molar refractivity (Wildman–Crippen MR) is 131 cm³/mol. The van der Waals surface area contributed by atoms with Crippen LogP contribution >= 0.6 is 34.5 Å². The summed E-state index contributed by atoms with van der Waals surface area (Å²) < 4.78 is 1.82. The van der Waals surface area contributed by atoms with Gasteiger partial charge in [0.15, 0.2) is 5.82 Å². The fraction of sp³-hybridized carbons (Fsp3) is 0.476. The van der Waals surface area contributed by atoms with Gasteiger partial charge in [-0.2, -0.15) is 4.52 Å². The Hall–Kier alpha value is -2.23. The Morgan fingerprint density at radius 2 is 1.94 bits per heavy atom. The van der Waals surface area contributed by atoms with E-state index in [0.29, 0.717) is 41.7 Å². The molecular weight excluding hydrogens is 471 g/mol. The van der Waals surface area contributed by atoms with Crippen molar-refractivity contribution in [3.05, 3.63) is 28.2 Å². The normalized spacial score (nSPS) is 16.4. The lowest BCUT2D eigenvalue weighted by Gasteiger charge is -2.38. The van der Waals surface area contributed by atoms with Crippen molar-refractivity contribution >= 4 is 56.5 Å². The van der Waals surface area contributed by atoms with E-state index in [1.807, 2.05) is 23.6 Å². The number of imidazole rings is 1. The third-order valence-electron chi connectivity index (χ3n) is 5.44. The van der Waals surface area contributed by atoms with Crippen LogP contribution < -0.4 is 15.5 Å². The molecule has 32 heavy (non-hydrogen) atoms. The van der Waals surface area contributed by atoms with Gasteiger partial charge >= 0.3 is 6.09 Å². The van der Waals surface area contributed by atoms with E-state index in [1.54, 1.807) is 6.07 Å². The minimum atomic E-state index is -0.987. The molecule has 1 saturated heterocycles. The summed E-state index contributed by atoms with van der Waals surface area (Å²) in [6.45, 7) is 9.59. The van der Waals surface area contributed by atoms with Crippen LogP contribution in [0.1, 0.15) is 40.5 Å². The third-order valence-corrected chi connectivity index (χ3v) is 7.23. The van der Waals surface area contributed by atoms with Crippen molar-refractivity contribution < 1.29 is 9.90 Å². The smallest absolute Gasteiger partial charge is 0.405 e. The molecule has 8 nitrogen and oxygen atoms in total. The number of nitrogens with zero attached hydrogens (tertiary/aromatic N) is 4. The lowest BCUT2D eigenvalue weighted by atomic mass is 9.90. The molecule has 3 N–H and O–H groups in total. The number of halogens is 2. The zero-order valence-electron chi connectivity index (χ0n) is 18.4. The Kier molecular flexibility index (Phi) is 5.94. The van der Waals surface area contributed by atoms with Gasteiger partial charge in [0.05, 0.1) is 10.0 Å². The van der Waals surface area contributed by atoms with Gasteiger partial charge in [0.1, 0.15) is 5.69 Å². The topological polar surface area (TPSA) is 94.8 Å². The molecule has 0 radical (unpaired) electrons. The fourth-order valence-electron chi connectivity index (χ4n) is 3.78. The minimum Gasteiger partial charge on any atom is -0.465 e. The molecule has 1 aromatic carbocycles. The first-order chi connectivity index (χ1) is 15.0. The first-order valence-electron chi connectivity index (χ1n) is 10.3. The number of hydrogen-bond donors (Lipinski definition) is 3. The molecule has 2 aromatic heterocycles. The Bertz CT molecular complexity index is 1160. The first-order valence-corrected chi connectivity index (χ1v) is 11.9. The highest BCUT2D eigenvalue weighted by Crippen LogP contribution is 2.40. The molecule has 1 fully saturated rings. The predicted octanol–water partition coefficient (Wildman–Crippen LogP) is 5.60. The molecule has 0 unspecified atom stereocenters. The van der Waals surface area contributed by atoms with Crippen molar-refractivity contribution in [2.45, 2.75) is 51.6 Å². The zero-order chi connectivity index (χ0) is 23.3. The molecule has 1 aliphatic heterocycles. The molecule has 4 rings (SSSR count). The van der Waals surface area contributed by atoms with Crippen LogP contribution in [-0.2, 0) is 0 Å². The maximum atomic E-state index is 11.1. The summed E-state index contributed by atoms with van der Waals surface area (Å²) in [5.74, 6) is 0.758. The Morgan fingerprint density at radius 3 is 2.56 bits per heavy atom. The number of benzene rings is 1. The summed E-state index contributed by atoms with van der Waals surface area (Å²) in [4.78, 5) is 18.9. The monoisotopic (exact) mass is 496 g/mol. The van der Waals surface area contributed by atoms with E-state index in [-0.39, 0.29) is 5.54 Å². The second-order valence-corrected chi connectivity index (χ2v) is 11.1. The Balaban J connectivity index is 1.69. The lowest BCUT2D eigenvalue weighted by molar-refractivity contribution is 0.173. The maximum Gasteiger partial charge on any atom is 0.405 e. The largest absolute Gasteiger partial charge is 0.465 e. The summed E-state index contributed by atoms with van der Waals surface area (Å²) in [5, 5.41) is 21.9. The van der Waals surface area contributed by atoms with Crippen LogP contribution in [0, 0.1) is 0 Å². The molecule has 1 amide bonds. The van der Waals surface area contributed by atoms with E-state index in [0.717, 1.165) is 21.5 Å². The van der Waals surface area contributed by atoms with Crippen LogP contribution in [0.2, 0.25) is 10.0 Å². The quantitative estimate of drug-likeness (QED) is 0.434. The number of hydrogen-bond acceptors (Lipinski definition) is 6. The third kappa shape index (κ3) is 4.60. The van der Waals surface area contributed by atoms with Gasteiger partial charge < -0.3 is 20.6 Å². The van der Waals surface area contributed by atoms with Gasteiger partial charge in [-0.15, -0.1) is 5.10 Å². The van der Waals surface area contributed by atoms with Crippen molar-refractivity contribution in [1.82, 2.24) is 19.9 Å². The van der Waals surface area contributed by atoms with Gasteiger partial charge in [-0.1, -0.05) is 46.7 Å². The summed E-state index contributed by atoms with van der Waals surface area (Å²) in [7, 11) is 0. The number of piperidine rings is 1. The van der Waals surface area contributed by atoms with E-state index in [2.05, 4.69) is 36.3 Å². The number of amides is 1. The minimum absolute atomic E-state index is 0.227. The summed E-state index contributed by atoms with van der Waals surface area (Å²) >= 11 is 14.3. The van der Waals surface area contributed by atoms with E-state index >= 15 is 0 Å². The molecule has 0 aliphatic carbocycles. The fourth-order valence-corrected chi connectivity index (χ4v) is 5.13. The number of fused-ring (bicyclic) bond motifs is 1. The molecule has 0 bridgehead atoms. The SMILES string of the molecule is CC(C)(C)Nc1c(-c2cccc(Cl)c2Cl)nc2sc(N3CCC(C)(NC(=O)O)CC3)nn12. The van der Waals surface area contributed by atoms with E-state index in [1.165, 1.54) is 11.3 Å². The standard InChI is InChI=1S/C21H26Cl2N6O2S/c1-20(2,3)25-16-15(12-6-5-7-13(22)14(12)23)24-17-29(16)27-18(32-17)28-10-8-21(4,9-11-28)26-19(30)31/h5-7,25-26H,8-11H2,1-4H3,(H,30,31). The van der Waals surface area contributed by atoms with Crippen molar-refractivity contribution in [3.8, 4) is 11.3 Å². The molecule has 1 aliphatic rings. The highest BCUT2D eigenvalue weighted by Gasteiger charge is 2.33. The second kappa shape index (κ2) is 8.28. The number of nitrogens with one attached hydrogen (secondary N) is 2. The van der Waals surface area contributed by atoms with Crippen molar-refractivity contribution in [3.63, 3.8) is 0 Å². The number of carbonyl (C=O) groups is 1. The molecule has 0 spiro atoms. The summed E-state index contributed by atoms with van der Waals surface area (Å²) in [6.07, 6.45) is 0.425. The Morgan fingerprint density at radius 1 is 1.25 bits per heavy atom.